The van der Waals surface area contributed by atoms with E-state index in [1.807, 2.05) is 0 Å². The summed E-state index contributed by atoms with van der Waals surface area (Å²) in [5, 5.41) is 11.3. The second-order valence-corrected chi connectivity index (χ2v) is 5.33. The number of aromatic nitrogens is 2. The lowest BCUT2D eigenvalue weighted by atomic mass is 10.2. The smallest absolute Gasteiger partial charge is 0.248 e. The molecule has 0 unspecified atom stereocenters. The minimum atomic E-state index is -0.303. The van der Waals surface area contributed by atoms with Crippen molar-refractivity contribution in [3.63, 3.8) is 0 Å². The van der Waals surface area contributed by atoms with Crippen molar-refractivity contribution in [3.05, 3.63) is 34.4 Å². The monoisotopic (exact) mass is 341 g/mol. The lowest BCUT2D eigenvalue weighted by molar-refractivity contribution is 0.491. The Labute approximate surface area is 125 Å². The summed E-state index contributed by atoms with van der Waals surface area (Å²) in [6.07, 6.45) is 2.82. The van der Waals surface area contributed by atoms with Crippen molar-refractivity contribution in [3.8, 4) is 11.5 Å². The van der Waals surface area contributed by atoms with Crippen LogP contribution >= 0.6 is 15.9 Å². The molecule has 1 N–H and O–H groups in total. The molecule has 0 atom stereocenters. The van der Waals surface area contributed by atoms with Crippen LogP contribution in [0.15, 0.2) is 27.1 Å². The summed E-state index contributed by atoms with van der Waals surface area (Å²) in [7, 11) is 0. The third-order valence-electron chi connectivity index (χ3n) is 2.80. The molecule has 1 heterocycles. The van der Waals surface area contributed by atoms with Crippen molar-refractivity contribution < 1.29 is 8.81 Å². The van der Waals surface area contributed by atoms with E-state index in [4.69, 9.17) is 4.42 Å². The quantitative estimate of drug-likeness (QED) is 0.782. The summed E-state index contributed by atoms with van der Waals surface area (Å²) >= 11 is 3.30. The minimum absolute atomic E-state index is 0.303. The second-order valence-electron chi connectivity index (χ2n) is 4.48. The molecule has 2 aromatic rings. The van der Waals surface area contributed by atoms with Crippen LogP contribution in [0.1, 0.15) is 25.7 Å². The van der Waals surface area contributed by atoms with Crippen molar-refractivity contribution in [2.45, 2.75) is 26.2 Å². The maximum absolute atomic E-state index is 13.0. The van der Waals surface area contributed by atoms with Gasteiger partial charge in [-0.25, -0.2) is 4.39 Å². The maximum atomic E-state index is 13.0. The van der Waals surface area contributed by atoms with Crippen LogP contribution in [0.3, 0.4) is 0 Å². The standard InChI is InChI=1S/C14H17BrFN3O/c1-2-7-17-8-3-4-13-18-19-14(20-13)11-6-5-10(16)9-12(11)15/h5-6,9,17H,2-4,7-8H2,1H3. The van der Waals surface area contributed by atoms with Crippen LogP contribution < -0.4 is 5.32 Å². The first-order valence-electron chi connectivity index (χ1n) is 6.69. The Bertz CT molecular complexity index is 559. The highest BCUT2D eigenvalue weighted by Gasteiger charge is 2.12. The molecule has 0 fully saturated rings. The van der Waals surface area contributed by atoms with Crippen LogP contribution in [0.25, 0.3) is 11.5 Å². The van der Waals surface area contributed by atoms with Gasteiger partial charge in [0.05, 0.1) is 5.56 Å². The Kier molecular flexibility index (Phi) is 5.67. The summed E-state index contributed by atoms with van der Waals surface area (Å²) in [5.74, 6) is 0.713. The van der Waals surface area contributed by atoms with E-state index in [1.165, 1.54) is 12.1 Å². The molecule has 0 radical (unpaired) electrons. The van der Waals surface area contributed by atoms with Crippen molar-refractivity contribution in [2.75, 3.05) is 13.1 Å². The molecule has 0 saturated carbocycles. The number of aryl methyl sites for hydroxylation is 1. The van der Waals surface area contributed by atoms with E-state index >= 15 is 0 Å². The van der Waals surface area contributed by atoms with Gasteiger partial charge in [-0.2, -0.15) is 0 Å². The van der Waals surface area contributed by atoms with Crippen molar-refractivity contribution in [1.82, 2.24) is 15.5 Å². The van der Waals surface area contributed by atoms with E-state index in [2.05, 4.69) is 38.4 Å². The zero-order valence-corrected chi connectivity index (χ0v) is 12.9. The molecule has 0 spiro atoms. The number of nitrogens with one attached hydrogen (secondary N) is 1. The summed E-state index contributed by atoms with van der Waals surface area (Å²) in [5.41, 5.74) is 0.703. The van der Waals surface area contributed by atoms with Crippen molar-refractivity contribution in [1.29, 1.82) is 0 Å². The summed E-state index contributed by atoms with van der Waals surface area (Å²) in [6, 6.07) is 4.38. The Morgan fingerprint density at radius 2 is 2.15 bits per heavy atom. The summed E-state index contributed by atoms with van der Waals surface area (Å²) in [4.78, 5) is 0. The zero-order valence-electron chi connectivity index (χ0n) is 11.3. The van der Waals surface area contributed by atoms with Gasteiger partial charge in [-0.15, -0.1) is 10.2 Å². The number of hydrogen-bond donors (Lipinski definition) is 1. The Hall–Kier alpha value is -1.27. The van der Waals surface area contributed by atoms with Crippen LogP contribution in [-0.4, -0.2) is 23.3 Å². The van der Waals surface area contributed by atoms with E-state index in [-0.39, 0.29) is 5.82 Å². The molecule has 0 bridgehead atoms. The molecule has 0 aliphatic rings. The molecule has 0 aliphatic carbocycles. The van der Waals surface area contributed by atoms with Gasteiger partial charge in [0.15, 0.2) is 0 Å². The first-order chi connectivity index (χ1) is 9.70. The van der Waals surface area contributed by atoms with Gasteiger partial charge < -0.3 is 9.73 Å². The SMILES string of the molecule is CCCNCCCc1nnc(-c2ccc(F)cc2Br)o1. The number of halogens is 2. The highest BCUT2D eigenvalue weighted by molar-refractivity contribution is 9.10. The largest absolute Gasteiger partial charge is 0.421 e. The molecular weight excluding hydrogens is 325 g/mol. The fourth-order valence-corrected chi connectivity index (χ4v) is 2.31. The van der Waals surface area contributed by atoms with Gasteiger partial charge in [0.2, 0.25) is 11.8 Å². The van der Waals surface area contributed by atoms with Crippen LogP contribution in [0.4, 0.5) is 4.39 Å². The highest BCUT2D eigenvalue weighted by atomic mass is 79.9. The van der Waals surface area contributed by atoms with Crippen LogP contribution in [0.5, 0.6) is 0 Å². The predicted octanol–water partition coefficient (Wildman–Crippen LogP) is 3.57. The van der Waals surface area contributed by atoms with Crippen molar-refractivity contribution in [2.24, 2.45) is 0 Å². The number of rotatable bonds is 7. The van der Waals surface area contributed by atoms with E-state index in [0.717, 1.165) is 32.4 Å². The van der Waals surface area contributed by atoms with Crippen molar-refractivity contribution >= 4 is 15.9 Å². The van der Waals surface area contributed by atoms with E-state index in [1.54, 1.807) is 6.07 Å². The Morgan fingerprint density at radius 1 is 1.30 bits per heavy atom. The molecule has 20 heavy (non-hydrogen) atoms. The fourth-order valence-electron chi connectivity index (χ4n) is 1.79. The van der Waals surface area contributed by atoms with Gasteiger partial charge in [-0.3, -0.25) is 0 Å². The summed E-state index contributed by atoms with van der Waals surface area (Å²) < 4.78 is 19.2. The average molecular weight is 342 g/mol. The Morgan fingerprint density at radius 3 is 2.90 bits per heavy atom. The predicted molar refractivity (Wildman–Crippen MR) is 78.9 cm³/mol. The third-order valence-corrected chi connectivity index (χ3v) is 3.46. The molecule has 108 valence electrons. The lowest BCUT2D eigenvalue weighted by Crippen LogP contribution is -2.16. The van der Waals surface area contributed by atoms with Crippen LogP contribution in [-0.2, 0) is 6.42 Å². The van der Waals surface area contributed by atoms with Gasteiger partial charge >= 0.3 is 0 Å². The average Bonchev–Trinajstić information content (AvgIpc) is 2.87. The molecule has 0 aliphatic heterocycles. The first-order valence-corrected chi connectivity index (χ1v) is 7.48. The third kappa shape index (κ3) is 4.11. The molecular formula is C14H17BrFN3O. The van der Waals surface area contributed by atoms with E-state index in [9.17, 15) is 4.39 Å². The highest BCUT2D eigenvalue weighted by Crippen LogP contribution is 2.27. The molecule has 6 heteroatoms. The normalized spacial score (nSPS) is 10.9. The van der Waals surface area contributed by atoms with Gasteiger partial charge in [-0.05, 0) is 60.1 Å². The van der Waals surface area contributed by atoms with Crippen LogP contribution in [0.2, 0.25) is 0 Å². The maximum Gasteiger partial charge on any atom is 0.248 e. The van der Waals surface area contributed by atoms with Gasteiger partial charge in [0.1, 0.15) is 5.82 Å². The van der Waals surface area contributed by atoms with E-state index in [0.29, 0.717) is 21.8 Å². The first kappa shape index (κ1) is 15.1. The number of hydrogen-bond acceptors (Lipinski definition) is 4. The minimum Gasteiger partial charge on any atom is -0.421 e. The number of benzene rings is 1. The summed E-state index contributed by atoms with van der Waals surface area (Å²) in [6.45, 7) is 4.10. The number of nitrogens with zero attached hydrogens (tertiary/aromatic N) is 2. The lowest BCUT2D eigenvalue weighted by Gasteiger charge is -2.00. The topological polar surface area (TPSA) is 51.0 Å². The van der Waals surface area contributed by atoms with Crippen LogP contribution in [0, 0.1) is 5.82 Å². The molecule has 2 rings (SSSR count). The molecule has 1 aromatic heterocycles. The van der Waals surface area contributed by atoms with Gasteiger partial charge in [0, 0.05) is 10.9 Å². The molecule has 4 nitrogen and oxygen atoms in total. The van der Waals surface area contributed by atoms with E-state index < -0.39 is 0 Å². The zero-order chi connectivity index (χ0) is 14.4. The molecule has 0 saturated heterocycles. The fraction of sp³-hybridized carbons (Fsp3) is 0.429. The Balaban J connectivity index is 1.95. The second kappa shape index (κ2) is 7.50. The molecule has 0 amide bonds. The van der Waals surface area contributed by atoms with Gasteiger partial charge in [0.25, 0.3) is 0 Å². The van der Waals surface area contributed by atoms with Gasteiger partial charge in [-0.1, -0.05) is 6.92 Å². The molecule has 1 aromatic carbocycles.